The Bertz CT molecular complexity index is 325. The van der Waals surface area contributed by atoms with Crippen molar-refractivity contribution in [3.63, 3.8) is 0 Å². The quantitative estimate of drug-likeness (QED) is 0.618. The van der Waals surface area contributed by atoms with Gasteiger partial charge in [-0.1, -0.05) is 13.8 Å². The van der Waals surface area contributed by atoms with E-state index < -0.39 is 0 Å². The zero-order valence-corrected chi connectivity index (χ0v) is 7.62. The van der Waals surface area contributed by atoms with Gasteiger partial charge in [-0.15, -0.1) is 0 Å². The fourth-order valence-corrected chi connectivity index (χ4v) is 2.41. The first kappa shape index (κ1) is 6.70. The Hall–Kier alpha value is -0.790. The van der Waals surface area contributed by atoms with Gasteiger partial charge in [-0.25, -0.2) is 4.98 Å². The minimum absolute atomic E-state index is 0.582. The van der Waals surface area contributed by atoms with Crippen molar-refractivity contribution in [1.29, 1.82) is 0 Å². The molecular weight excluding hydrogens is 148 g/mol. The number of hydrogen-bond acceptors (Lipinski definition) is 1. The summed E-state index contributed by atoms with van der Waals surface area (Å²) in [5.41, 5.74) is 1.47. The van der Waals surface area contributed by atoms with Gasteiger partial charge < -0.3 is 4.57 Å². The molecule has 12 heavy (non-hydrogen) atoms. The molecule has 0 N–H and O–H groups in total. The lowest BCUT2D eigenvalue weighted by atomic mass is 10.2. The maximum atomic E-state index is 4.48. The zero-order valence-electron chi connectivity index (χ0n) is 7.62. The summed E-state index contributed by atoms with van der Waals surface area (Å²) in [6.45, 7) is 4.46. The summed E-state index contributed by atoms with van der Waals surface area (Å²) in [4.78, 5) is 4.48. The van der Waals surface area contributed by atoms with E-state index in [0.29, 0.717) is 5.92 Å². The Morgan fingerprint density at radius 2 is 2.42 bits per heavy atom. The monoisotopic (exact) mass is 162 g/mol. The van der Waals surface area contributed by atoms with Crippen molar-refractivity contribution < 1.29 is 0 Å². The largest absolute Gasteiger partial charge is 0.328 e. The number of fused-ring (bicyclic) bond motifs is 3. The van der Waals surface area contributed by atoms with E-state index in [1.807, 2.05) is 0 Å². The Kier molecular flexibility index (Phi) is 1.07. The molecule has 2 atom stereocenters. The standard InChI is InChI=1S/C10H14N2/c1-6(2)10-11-5-8-3-7-4-9(7)12(8)10/h5-7,9H,3-4H2,1-2H3. The number of hydrogen-bond donors (Lipinski definition) is 0. The van der Waals surface area contributed by atoms with Crippen molar-refractivity contribution in [2.45, 2.75) is 38.6 Å². The van der Waals surface area contributed by atoms with Gasteiger partial charge in [0.2, 0.25) is 0 Å². The van der Waals surface area contributed by atoms with Crippen LogP contribution >= 0.6 is 0 Å². The molecule has 1 saturated carbocycles. The highest BCUT2D eigenvalue weighted by Gasteiger charge is 2.46. The molecule has 0 spiro atoms. The van der Waals surface area contributed by atoms with Gasteiger partial charge in [0.25, 0.3) is 0 Å². The minimum Gasteiger partial charge on any atom is -0.328 e. The van der Waals surface area contributed by atoms with Crippen LogP contribution in [0.2, 0.25) is 0 Å². The first-order chi connectivity index (χ1) is 5.77. The predicted octanol–water partition coefficient (Wildman–Crippen LogP) is 2.12. The number of rotatable bonds is 1. The number of imidazole rings is 1. The molecule has 64 valence electrons. The molecule has 2 aliphatic rings. The van der Waals surface area contributed by atoms with Crippen LogP contribution in [0.15, 0.2) is 6.20 Å². The van der Waals surface area contributed by atoms with Gasteiger partial charge in [-0.3, -0.25) is 0 Å². The molecule has 2 unspecified atom stereocenters. The molecule has 1 fully saturated rings. The molecule has 0 saturated heterocycles. The Morgan fingerprint density at radius 3 is 3.17 bits per heavy atom. The maximum Gasteiger partial charge on any atom is 0.111 e. The first-order valence-electron chi connectivity index (χ1n) is 4.83. The topological polar surface area (TPSA) is 17.8 Å². The van der Waals surface area contributed by atoms with Crippen LogP contribution in [0.25, 0.3) is 0 Å². The summed E-state index contributed by atoms with van der Waals surface area (Å²) < 4.78 is 2.48. The smallest absolute Gasteiger partial charge is 0.111 e. The number of aromatic nitrogens is 2. The van der Waals surface area contributed by atoms with Crippen molar-refractivity contribution in [2.75, 3.05) is 0 Å². The van der Waals surface area contributed by atoms with E-state index in [-0.39, 0.29) is 0 Å². The molecule has 2 nitrogen and oxygen atoms in total. The lowest BCUT2D eigenvalue weighted by molar-refractivity contribution is 0.642. The Morgan fingerprint density at radius 1 is 1.58 bits per heavy atom. The normalized spacial score (nSPS) is 30.6. The second kappa shape index (κ2) is 1.93. The highest BCUT2D eigenvalue weighted by atomic mass is 15.2. The highest BCUT2D eigenvalue weighted by molar-refractivity contribution is 5.21. The van der Waals surface area contributed by atoms with Gasteiger partial charge in [0.05, 0.1) is 0 Å². The molecule has 0 radical (unpaired) electrons. The third-order valence-electron chi connectivity index (χ3n) is 3.11. The summed E-state index contributed by atoms with van der Waals surface area (Å²) in [5.74, 6) is 2.86. The molecule has 2 heterocycles. The molecule has 0 aromatic carbocycles. The van der Waals surface area contributed by atoms with Crippen LogP contribution in [-0.2, 0) is 6.42 Å². The third kappa shape index (κ3) is 0.680. The zero-order chi connectivity index (χ0) is 8.29. The second-order valence-electron chi connectivity index (χ2n) is 4.40. The Balaban J connectivity index is 2.12. The van der Waals surface area contributed by atoms with Crippen molar-refractivity contribution in [3.05, 3.63) is 17.7 Å². The average Bonchev–Trinajstić information content (AvgIpc) is 2.53. The van der Waals surface area contributed by atoms with Gasteiger partial charge >= 0.3 is 0 Å². The van der Waals surface area contributed by atoms with Crippen LogP contribution < -0.4 is 0 Å². The van der Waals surface area contributed by atoms with E-state index in [0.717, 1.165) is 12.0 Å². The van der Waals surface area contributed by atoms with Crippen molar-refractivity contribution in [1.82, 2.24) is 9.55 Å². The van der Waals surface area contributed by atoms with Crippen LogP contribution in [0, 0.1) is 5.92 Å². The molecular formula is C10H14N2. The van der Waals surface area contributed by atoms with E-state index in [4.69, 9.17) is 0 Å². The van der Waals surface area contributed by atoms with Crippen LogP contribution in [0.5, 0.6) is 0 Å². The summed E-state index contributed by atoms with van der Waals surface area (Å²) in [5, 5.41) is 0. The summed E-state index contributed by atoms with van der Waals surface area (Å²) in [6, 6.07) is 0.833. The van der Waals surface area contributed by atoms with Gasteiger partial charge in [-0.05, 0) is 18.8 Å². The maximum absolute atomic E-state index is 4.48. The minimum atomic E-state index is 0.582. The fourth-order valence-electron chi connectivity index (χ4n) is 2.41. The third-order valence-corrected chi connectivity index (χ3v) is 3.11. The van der Waals surface area contributed by atoms with Crippen molar-refractivity contribution in [3.8, 4) is 0 Å². The van der Waals surface area contributed by atoms with Crippen LogP contribution in [0.1, 0.15) is 43.7 Å². The van der Waals surface area contributed by atoms with E-state index >= 15 is 0 Å². The molecule has 0 amide bonds. The molecule has 2 heteroatoms. The van der Waals surface area contributed by atoms with E-state index in [1.54, 1.807) is 0 Å². The highest BCUT2D eigenvalue weighted by Crippen LogP contribution is 2.52. The van der Waals surface area contributed by atoms with Crippen LogP contribution in [0.3, 0.4) is 0 Å². The van der Waals surface area contributed by atoms with E-state index in [1.165, 1.54) is 24.4 Å². The lowest BCUT2D eigenvalue weighted by Crippen LogP contribution is -2.03. The average molecular weight is 162 g/mol. The van der Waals surface area contributed by atoms with E-state index in [2.05, 4.69) is 29.6 Å². The lowest BCUT2D eigenvalue weighted by Gasteiger charge is -2.08. The SMILES string of the molecule is CC(C)c1ncc2n1C1CC1C2. The second-order valence-corrected chi connectivity index (χ2v) is 4.40. The molecule has 0 bridgehead atoms. The van der Waals surface area contributed by atoms with Gasteiger partial charge in [0, 0.05) is 23.9 Å². The van der Waals surface area contributed by atoms with Crippen molar-refractivity contribution >= 4 is 0 Å². The Labute approximate surface area is 72.6 Å². The van der Waals surface area contributed by atoms with Crippen LogP contribution in [0.4, 0.5) is 0 Å². The van der Waals surface area contributed by atoms with Crippen molar-refractivity contribution in [2.24, 2.45) is 5.92 Å². The molecule has 1 aromatic rings. The first-order valence-corrected chi connectivity index (χ1v) is 4.83. The number of nitrogens with zero attached hydrogens (tertiary/aromatic N) is 2. The molecule has 3 rings (SSSR count). The molecule has 1 aromatic heterocycles. The summed E-state index contributed by atoms with van der Waals surface area (Å²) >= 11 is 0. The molecule has 1 aliphatic carbocycles. The van der Waals surface area contributed by atoms with Gasteiger partial charge in [0.15, 0.2) is 0 Å². The van der Waals surface area contributed by atoms with Gasteiger partial charge in [-0.2, -0.15) is 0 Å². The van der Waals surface area contributed by atoms with E-state index in [9.17, 15) is 0 Å². The predicted molar refractivity (Wildman–Crippen MR) is 47.2 cm³/mol. The summed E-state index contributed by atoms with van der Waals surface area (Å²) in [7, 11) is 0. The molecule has 1 aliphatic heterocycles. The van der Waals surface area contributed by atoms with Crippen LogP contribution in [-0.4, -0.2) is 9.55 Å². The fraction of sp³-hybridized carbons (Fsp3) is 0.700. The van der Waals surface area contributed by atoms with Gasteiger partial charge in [0.1, 0.15) is 5.82 Å². The summed E-state index contributed by atoms with van der Waals surface area (Å²) in [6.07, 6.45) is 4.76.